The predicted octanol–water partition coefficient (Wildman–Crippen LogP) is 3.00. The van der Waals surface area contributed by atoms with E-state index in [9.17, 15) is 4.79 Å². The van der Waals surface area contributed by atoms with Crippen molar-refractivity contribution >= 4 is 17.7 Å². The molecule has 3 rings (SSSR count). The van der Waals surface area contributed by atoms with E-state index in [1.54, 1.807) is 0 Å². The van der Waals surface area contributed by atoms with Crippen LogP contribution in [-0.4, -0.2) is 39.8 Å². The van der Waals surface area contributed by atoms with Crippen LogP contribution < -0.4 is 4.74 Å². The molecular formula is C17H21N3O3S. The van der Waals surface area contributed by atoms with Gasteiger partial charge >= 0.3 is 0 Å². The van der Waals surface area contributed by atoms with Gasteiger partial charge in [0.1, 0.15) is 5.75 Å². The summed E-state index contributed by atoms with van der Waals surface area (Å²) in [6.45, 7) is 4.10. The Morgan fingerprint density at radius 1 is 1.38 bits per heavy atom. The molecule has 7 heteroatoms. The molecule has 24 heavy (non-hydrogen) atoms. The van der Waals surface area contributed by atoms with Gasteiger partial charge in [0.2, 0.25) is 5.91 Å². The minimum Gasteiger partial charge on any atom is -0.484 e. The number of piperidine rings is 1. The number of ether oxygens (including phenoxy) is 1. The van der Waals surface area contributed by atoms with Gasteiger partial charge in [0.25, 0.3) is 11.1 Å². The summed E-state index contributed by atoms with van der Waals surface area (Å²) in [5, 5.41) is 8.31. The summed E-state index contributed by atoms with van der Waals surface area (Å²) >= 11 is 1.28. The lowest BCUT2D eigenvalue weighted by atomic mass is 10.0. The first-order chi connectivity index (χ1) is 11.7. The molecule has 6 nitrogen and oxygen atoms in total. The molecule has 0 N–H and O–H groups in total. The lowest BCUT2D eigenvalue weighted by molar-refractivity contribution is -0.130. The molecule has 2 heterocycles. The number of rotatable bonds is 6. The fourth-order valence-electron chi connectivity index (χ4n) is 2.65. The van der Waals surface area contributed by atoms with E-state index in [1.165, 1.54) is 18.2 Å². The van der Waals surface area contributed by atoms with Gasteiger partial charge in [-0.25, -0.2) is 0 Å². The molecule has 1 aromatic heterocycles. The highest BCUT2D eigenvalue weighted by molar-refractivity contribution is 7.99. The van der Waals surface area contributed by atoms with E-state index in [4.69, 9.17) is 9.15 Å². The molecular weight excluding hydrogens is 326 g/mol. The van der Waals surface area contributed by atoms with Gasteiger partial charge in [-0.2, -0.15) is 0 Å². The number of benzene rings is 1. The van der Waals surface area contributed by atoms with Crippen LogP contribution >= 0.6 is 11.8 Å². The maximum atomic E-state index is 12.2. The molecule has 2 aromatic rings. The van der Waals surface area contributed by atoms with E-state index in [-0.39, 0.29) is 12.5 Å². The van der Waals surface area contributed by atoms with Crippen molar-refractivity contribution in [2.45, 2.75) is 31.6 Å². The number of thioether (sulfide) groups is 1. The molecule has 1 amide bonds. The summed E-state index contributed by atoms with van der Waals surface area (Å²) in [6, 6.07) is 9.46. The Labute approximate surface area is 145 Å². The van der Waals surface area contributed by atoms with Crippen LogP contribution in [0.15, 0.2) is 40.0 Å². The minimum atomic E-state index is 0.131. The third-order valence-electron chi connectivity index (χ3n) is 3.88. The topological polar surface area (TPSA) is 68.5 Å². The fourth-order valence-corrected chi connectivity index (χ4v) is 3.33. The number of hydrogen-bond donors (Lipinski definition) is 0. The Morgan fingerprint density at radius 3 is 3.00 bits per heavy atom. The molecule has 1 fully saturated rings. The van der Waals surface area contributed by atoms with Crippen LogP contribution in [0.4, 0.5) is 0 Å². The zero-order valence-electron chi connectivity index (χ0n) is 13.7. The summed E-state index contributed by atoms with van der Waals surface area (Å²) in [7, 11) is 0. The largest absolute Gasteiger partial charge is 0.484 e. The molecule has 1 aliphatic rings. The second kappa shape index (κ2) is 8.19. The predicted molar refractivity (Wildman–Crippen MR) is 90.8 cm³/mol. The smallest absolute Gasteiger partial charge is 0.277 e. The second-order valence-corrected chi connectivity index (χ2v) is 6.87. The highest BCUT2D eigenvalue weighted by Gasteiger charge is 2.21. The molecule has 0 bridgehead atoms. The molecule has 0 aliphatic carbocycles. The quantitative estimate of drug-likeness (QED) is 0.748. The standard InChI is InChI=1S/C17H21N3O3S/c1-13-6-5-9-20(10-13)16(21)12-24-17-19-18-15(23-17)11-22-14-7-3-2-4-8-14/h2-4,7-8,13H,5-6,9-12H2,1H3. The van der Waals surface area contributed by atoms with Crippen molar-refractivity contribution in [1.82, 2.24) is 15.1 Å². The Hall–Kier alpha value is -2.02. The maximum Gasteiger partial charge on any atom is 0.277 e. The first-order valence-corrected chi connectivity index (χ1v) is 9.10. The third kappa shape index (κ3) is 4.74. The molecule has 0 spiro atoms. The van der Waals surface area contributed by atoms with Crippen molar-refractivity contribution in [3.05, 3.63) is 36.2 Å². The van der Waals surface area contributed by atoms with Gasteiger partial charge in [-0.05, 0) is 30.9 Å². The van der Waals surface area contributed by atoms with Crippen molar-refractivity contribution in [3.63, 3.8) is 0 Å². The lowest BCUT2D eigenvalue weighted by Gasteiger charge is -2.30. The van der Waals surface area contributed by atoms with E-state index in [1.807, 2.05) is 35.2 Å². The molecule has 0 saturated carbocycles. The zero-order valence-corrected chi connectivity index (χ0v) is 14.5. The molecule has 1 saturated heterocycles. The number of aromatic nitrogens is 2. The first-order valence-electron chi connectivity index (χ1n) is 8.11. The first kappa shape index (κ1) is 16.8. The third-order valence-corrected chi connectivity index (χ3v) is 4.69. The molecule has 1 aromatic carbocycles. The Bertz CT molecular complexity index is 662. The molecule has 1 aliphatic heterocycles. The van der Waals surface area contributed by atoms with Gasteiger partial charge in [-0.15, -0.1) is 10.2 Å². The van der Waals surface area contributed by atoms with Crippen LogP contribution in [0.1, 0.15) is 25.7 Å². The summed E-state index contributed by atoms with van der Waals surface area (Å²) < 4.78 is 11.1. The van der Waals surface area contributed by atoms with Crippen molar-refractivity contribution in [2.24, 2.45) is 5.92 Å². The van der Waals surface area contributed by atoms with Gasteiger partial charge in [0.15, 0.2) is 6.61 Å². The van der Waals surface area contributed by atoms with Crippen LogP contribution in [-0.2, 0) is 11.4 Å². The lowest BCUT2D eigenvalue weighted by Crippen LogP contribution is -2.40. The number of carbonyl (C=O) groups is 1. The number of likely N-dealkylation sites (tertiary alicyclic amines) is 1. The zero-order chi connectivity index (χ0) is 16.8. The number of hydrogen-bond acceptors (Lipinski definition) is 6. The Balaban J connectivity index is 1.45. The summed E-state index contributed by atoms with van der Waals surface area (Å²) in [4.78, 5) is 14.2. The van der Waals surface area contributed by atoms with Crippen LogP contribution in [0.25, 0.3) is 0 Å². The summed E-state index contributed by atoms with van der Waals surface area (Å²) in [5.41, 5.74) is 0. The van der Waals surface area contributed by atoms with Crippen LogP contribution in [0.5, 0.6) is 5.75 Å². The molecule has 0 radical (unpaired) electrons. The van der Waals surface area contributed by atoms with E-state index in [0.29, 0.717) is 22.8 Å². The van der Waals surface area contributed by atoms with E-state index >= 15 is 0 Å². The van der Waals surface area contributed by atoms with E-state index in [0.717, 1.165) is 25.3 Å². The van der Waals surface area contributed by atoms with Gasteiger partial charge < -0.3 is 14.1 Å². The van der Waals surface area contributed by atoms with Gasteiger partial charge in [0.05, 0.1) is 5.75 Å². The summed E-state index contributed by atoms with van der Waals surface area (Å²) in [6.07, 6.45) is 2.28. The van der Waals surface area contributed by atoms with Crippen molar-refractivity contribution in [2.75, 3.05) is 18.8 Å². The number of amides is 1. The average Bonchev–Trinajstić information content (AvgIpc) is 3.07. The Morgan fingerprint density at radius 2 is 2.21 bits per heavy atom. The molecule has 1 atom stereocenters. The normalized spacial score (nSPS) is 17.7. The van der Waals surface area contributed by atoms with E-state index < -0.39 is 0 Å². The van der Waals surface area contributed by atoms with Crippen molar-refractivity contribution < 1.29 is 13.9 Å². The molecule has 1 unspecified atom stereocenters. The second-order valence-electron chi connectivity index (χ2n) is 5.94. The number of nitrogens with zero attached hydrogens (tertiary/aromatic N) is 3. The highest BCUT2D eigenvalue weighted by Crippen LogP contribution is 2.20. The SMILES string of the molecule is CC1CCCN(C(=O)CSc2nnc(COc3ccccc3)o2)C1. The fraction of sp³-hybridized carbons (Fsp3) is 0.471. The van der Waals surface area contributed by atoms with E-state index in [2.05, 4.69) is 17.1 Å². The number of para-hydroxylation sites is 1. The Kier molecular flexibility index (Phi) is 5.74. The number of carbonyl (C=O) groups excluding carboxylic acids is 1. The maximum absolute atomic E-state index is 12.2. The van der Waals surface area contributed by atoms with Crippen molar-refractivity contribution in [3.8, 4) is 5.75 Å². The van der Waals surface area contributed by atoms with Crippen LogP contribution in [0.2, 0.25) is 0 Å². The van der Waals surface area contributed by atoms with Gasteiger partial charge in [-0.1, -0.05) is 36.9 Å². The minimum absolute atomic E-state index is 0.131. The van der Waals surface area contributed by atoms with Crippen molar-refractivity contribution in [1.29, 1.82) is 0 Å². The summed E-state index contributed by atoms with van der Waals surface area (Å²) in [5.74, 6) is 2.19. The average molecular weight is 347 g/mol. The molecule has 128 valence electrons. The van der Waals surface area contributed by atoms with Gasteiger partial charge in [-0.3, -0.25) is 4.79 Å². The van der Waals surface area contributed by atoms with Crippen LogP contribution in [0, 0.1) is 5.92 Å². The van der Waals surface area contributed by atoms with Crippen LogP contribution in [0.3, 0.4) is 0 Å². The highest BCUT2D eigenvalue weighted by atomic mass is 32.2. The van der Waals surface area contributed by atoms with Gasteiger partial charge in [0, 0.05) is 13.1 Å². The monoisotopic (exact) mass is 347 g/mol.